The molecule has 0 saturated carbocycles. The van der Waals surface area contributed by atoms with Crippen LogP contribution < -0.4 is 0 Å². The lowest BCUT2D eigenvalue weighted by Crippen LogP contribution is -2.01. The molecule has 7 aromatic carbocycles. The molecule has 0 unspecified atom stereocenters. The average molecular weight is 768 g/mol. The zero-order chi connectivity index (χ0) is 39.6. The van der Waals surface area contributed by atoms with Crippen LogP contribution in [0.2, 0.25) is 0 Å². The summed E-state index contributed by atoms with van der Waals surface area (Å²) in [6.45, 7) is 0. The van der Waals surface area contributed by atoms with Crippen LogP contribution in [-0.2, 0) is 0 Å². The SMILES string of the molecule is c1ccc(-c2nc3cc(-c4ccc(-c5cccnc5)cc4)nc(-c4cccc(-n5c6ccccc6c6ccc7c8ccccc8oc7c65)c4)c3nc2-c2ccccc2)cc1. The minimum absolute atomic E-state index is 0.725. The average Bonchev–Trinajstić information content (AvgIpc) is 3.88. The van der Waals surface area contributed by atoms with E-state index in [1.54, 1.807) is 6.20 Å². The van der Waals surface area contributed by atoms with Gasteiger partial charge in [0.1, 0.15) is 11.1 Å². The van der Waals surface area contributed by atoms with Crippen molar-refractivity contribution < 1.29 is 4.42 Å². The molecule has 12 rings (SSSR count). The Labute approximate surface area is 344 Å². The molecule has 0 N–H and O–H groups in total. The first-order chi connectivity index (χ1) is 29.7. The highest BCUT2D eigenvalue weighted by molar-refractivity contribution is 6.21. The van der Waals surface area contributed by atoms with Crippen LogP contribution in [-0.4, -0.2) is 24.5 Å². The number of pyridine rings is 2. The highest BCUT2D eigenvalue weighted by Gasteiger charge is 2.22. The van der Waals surface area contributed by atoms with E-state index in [-0.39, 0.29) is 0 Å². The minimum Gasteiger partial charge on any atom is -0.454 e. The fourth-order valence-electron chi connectivity index (χ4n) is 8.66. The Balaban J connectivity index is 1.12. The maximum absolute atomic E-state index is 6.68. The minimum atomic E-state index is 0.725. The van der Waals surface area contributed by atoms with Crippen molar-refractivity contribution in [3.8, 4) is 61.8 Å². The summed E-state index contributed by atoms with van der Waals surface area (Å²) >= 11 is 0. The van der Waals surface area contributed by atoms with Crippen LogP contribution >= 0.6 is 0 Å². The highest BCUT2D eigenvalue weighted by Crippen LogP contribution is 2.42. The number of nitrogens with zero attached hydrogens (tertiary/aromatic N) is 5. The summed E-state index contributed by atoms with van der Waals surface area (Å²) in [5, 5.41) is 4.48. The van der Waals surface area contributed by atoms with Gasteiger partial charge in [-0.05, 0) is 53.6 Å². The molecule has 0 atom stereocenters. The molecule has 0 aliphatic heterocycles. The number of aromatic nitrogens is 5. The van der Waals surface area contributed by atoms with Crippen molar-refractivity contribution in [1.29, 1.82) is 0 Å². The van der Waals surface area contributed by atoms with Crippen LogP contribution in [0.4, 0.5) is 0 Å². The fraction of sp³-hybridized carbons (Fsp3) is 0. The van der Waals surface area contributed by atoms with Crippen molar-refractivity contribution in [2.75, 3.05) is 0 Å². The molecule has 5 heterocycles. The second-order valence-electron chi connectivity index (χ2n) is 15.0. The zero-order valence-electron chi connectivity index (χ0n) is 32.2. The number of furan rings is 1. The molecule has 60 heavy (non-hydrogen) atoms. The summed E-state index contributed by atoms with van der Waals surface area (Å²) in [4.78, 5) is 20.7. The quantitative estimate of drug-likeness (QED) is 0.168. The van der Waals surface area contributed by atoms with Crippen molar-refractivity contribution in [1.82, 2.24) is 24.5 Å². The number of hydrogen-bond donors (Lipinski definition) is 0. The van der Waals surface area contributed by atoms with Gasteiger partial charge in [0.2, 0.25) is 0 Å². The lowest BCUT2D eigenvalue weighted by molar-refractivity contribution is 0.671. The Bertz CT molecular complexity index is 3580. The van der Waals surface area contributed by atoms with E-state index in [4.69, 9.17) is 19.4 Å². The van der Waals surface area contributed by atoms with Gasteiger partial charge in [-0.3, -0.25) is 4.98 Å². The third kappa shape index (κ3) is 5.50. The van der Waals surface area contributed by atoms with Gasteiger partial charge in [-0.15, -0.1) is 0 Å². The summed E-state index contributed by atoms with van der Waals surface area (Å²) in [5.74, 6) is 0. The molecular weight excluding hydrogens is 735 g/mol. The number of benzene rings is 7. The van der Waals surface area contributed by atoms with Gasteiger partial charge in [0.05, 0.1) is 39.3 Å². The van der Waals surface area contributed by atoms with E-state index in [0.29, 0.717) is 0 Å². The molecule has 5 aromatic heterocycles. The van der Waals surface area contributed by atoms with Crippen LogP contribution in [0.3, 0.4) is 0 Å². The number of rotatable bonds is 6. The monoisotopic (exact) mass is 767 g/mol. The largest absolute Gasteiger partial charge is 0.454 e. The second-order valence-corrected chi connectivity index (χ2v) is 15.0. The molecule has 0 aliphatic carbocycles. The van der Waals surface area contributed by atoms with Gasteiger partial charge >= 0.3 is 0 Å². The number of para-hydroxylation sites is 2. The topological polar surface area (TPSA) is 69.6 Å². The summed E-state index contributed by atoms with van der Waals surface area (Å²) in [5.41, 5.74) is 15.5. The molecule has 0 bridgehead atoms. The van der Waals surface area contributed by atoms with Crippen LogP contribution in [0, 0.1) is 0 Å². The maximum atomic E-state index is 6.68. The highest BCUT2D eigenvalue weighted by atomic mass is 16.3. The van der Waals surface area contributed by atoms with Crippen LogP contribution in [0.1, 0.15) is 0 Å². The third-order valence-electron chi connectivity index (χ3n) is 11.5. The van der Waals surface area contributed by atoms with Gasteiger partial charge in [0.15, 0.2) is 5.58 Å². The molecule has 0 saturated heterocycles. The van der Waals surface area contributed by atoms with E-state index in [0.717, 1.165) is 117 Å². The van der Waals surface area contributed by atoms with Gasteiger partial charge in [-0.2, -0.15) is 0 Å². The Morgan fingerprint density at radius 2 is 1.08 bits per heavy atom. The summed E-state index contributed by atoms with van der Waals surface area (Å²) in [6, 6.07) is 65.1. The lowest BCUT2D eigenvalue weighted by Gasteiger charge is -2.15. The van der Waals surface area contributed by atoms with E-state index < -0.39 is 0 Å². The molecule has 6 heteroatoms. The van der Waals surface area contributed by atoms with Gasteiger partial charge in [-0.1, -0.05) is 146 Å². The standard InChI is InChI=1S/C54H33N5O/c1-3-13-36(14-4-1)49-50(37-15-5-2-6-16-37)58-52-46(57-49)32-45(35-26-24-34(25-27-35)39-18-12-30-55-33-39)56-51(52)38-17-11-19-40(31-38)59-47-22-9-7-20-41(47)43-28-29-44-42-21-8-10-23-48(42)60-54(44)53(43)59/h1-33H. The molecule has 0 spiro atoms. The van der Waals surface area contributed by atoms with Gasteiger partial charge in [-0.25, -0.2) is 15.0 Å². The first kappa shape index (κ1) is 33.9. The fourth-order valence-corrected chi connectivity index (χ4v) is 8.66. The molecule has 280 valence electrons. The first-order valence-corrected chi connectivity index (χ1v) is 20.0. The second kappa shape index (κ2) is 13.7. The number of hydrogen-bond acceptors (Lipinski definition) is 5. The lowest BCUT2D eigenvalue weighted by atomic mass is 10.0. The van der Waals surface area contributed by atoms with Gasteiger partial charge in [0.25, 0.3) is 0 Å². The Kier molecular flexibility index (Phi) is 7.74. The first-order valence-electron chi connectivity index (χ1n) is 20.0. The van der Waals surface area contributed by atoms with Crippen molar-refractivity contribution in [2.45, 2.75) is 0 Å². The van der Waals surface area contributed by atoms with Crippen molar-refractivity contribution in [3.05, 3.63) is 200 Å². The normalized spacial score (nSPS) is 11.7. The summed E-state index contributed by atoms with van der Waals surface area (Å²) in [6.07, 6.45) is 3.68. The van der Waals surface area contributed by atoms with Gasteiger partial charge in [0, 0.05) is 61.9 Å². The molecule has 0 aliphatic rings. The summed E-state index contributed by atoms with van der Waals surface area (Å²) in [7, 11) is 0. The van der Waals surface area contributed by atoms with E-state index in [2.05, 4.69) is 143 Å². The van der Waals surface area contributed by atoms with Crippen molar-refractivity contribution in [3.63, 3.8) is 0 Å². The number of fused-ring (bicyclic) bond motifs is 8. The van der Waals surface area contributed by atoms with Gasteiger partial charge < -0.3 is 8.98 Å². The molecule has 12 aromatic rings. The van der Waals surface area contributed by atoms with Crippen LogP contribution in [0.25, 0.3) is 117 Å². The predicted molar refractivity (Wildman–Crippen MR) is 244 cm³/mol. The summed E-state index contributed by atoms with van der Waals surface area (Å²) < 4.78 is 9.01. The maximum Gasteiger partial charge on any atom is 0.160 e. The van der Waals surface area contributed by atoms with Crippen LogP contribution in [0.5, 0.6) is 0 Å². The molecule has 0 radical (unpaired) electrons. The predicted octanol–water partition coefficient (Wildman–Crippen LogP) is 13.8. The van der Waals surface area contributed by atoms with E-state index in [9.17, 15) is 0 Å². The molecule has 6 nitrogen and oxygen atoms in total. The Hall–Kier alpha value is -8.22. The van der Waals surface area contributed by atoms with E-state index in [1.165, 1.54) is 0 Å². The molecular formula is C54H33N5O. The van der Waals surface area contributed by atoms with Crippen LogP contribution in [0.15, 0.2) is 205 Å². The molecule has 0 amide bonds. The van der Waals surface area contributed by atoms with Crippen molar-refractivity contribution >= 4 is 54.8 Å². The third-order valence-corrected chi connectivity index (χ3v) is 11.5. The smallest absolute Gasteiger partial charge is 0.160 e. The Morgan fingerprint density at radius 1 is 0.417 bits per heavy atom. The Morgan fingerprint density at radius 3 is 1.87 bits per heavy atom. The van der Waals surface area contributed by atoms with Crippen molar-refractivity contribution in [2.24, 2.45) is 0 Å². The van der Waals surface area contributed by atoms with E-state index >= 15 is 0 Å². The zero-order valence-corrected chi connectivity index (χ0v) is 32.2. The van der Waals surface area contributed by atoms with E-state index in [1.807, 2.05) is 60.8 Å². The molecule has 0 fully saturated rings.